The molecule has 0 amide bonds. The van der Waals surface area contributed by atoms with Gasteiger partial charge in [0.2, 0.25) is 0 Å². The van der Waals surface area contributed by atoms with E-state index in [0.717, 1.165) is 11.5 Å². The van der Waals surface area contributed by atoms with Crippen molar-refractivity contribution in [1.29, 1.82) is 0 Å². The summed E-state index contributed by atoms with van der Waals surface area (Å²) in [5, 5.41) is 0. The third kappa shape index (κ3) is 4.11. The normalized spacial score (nSPS) is 13.8. The molecule has 2 aromatic rings. The highest BCUT2D eigenvalue weighted by Gasteiger charge is 2.15. The van der Waals surface area contributed by atoms with Crippen LogP contribution in [0.5, 0.6) is 11.5 Å². The van der Waals surface area contributed by atoms with Gasteiger partial charge in [-0.05, 0) is 42.2 Å². The highest BCUT2D eigenvalue weighted by molar-refractivity contribution is 9.09. The molecule has 0 spiro atoms. The van der Waals surface area contributed by atoms with Crippen molar-refractivity contribution in [3.05, 3.63) is 60.2 Å². The summed E-state index contributed by atoms with van der Waals surface area (Å²) in [5.41, 5.74) is 1.31. The van der Waals surface area contributed by atoms with Crippen molar-refractivity contribution in [1.82, 2.24) is 0 Å². The van der Waals surface area contributed by atoms with E-state index >= 15 is 0 Å². The summed E-state index contributed by atoms with van der Waals surface area (Å²) in [6.07, 6.45) is 2.46. The van der Waals surface area contributed by atoms with Crippen LogP contribution >= 0.6 is 15.9 Å². The van der Waals surface area contributed by atoms with Crippen LogP contribution in [0.2, 0.25) is 0 Å². The minimum absolute atomic E-state index is 0.410. The molecule has 1 nitrogen and oxygen atoms in total. The van der Waals surface area contributed by atoms with Crippen molar-refractivity contribution in [3.8, 4) is 11.5 Å². The Morgan fingerprint density at radius 2 is 1.55 bits per heavy atom. The van der Waals surface area contributed by atoms with E-state index in [1.54, 1.807) is 0 Å². The average Bonchev–Trinajstić information content (AvgIpc) is 2.48. The average molecular weight is 333 g/mol. The molecule has 0 bridgehead atoms. The first kappa shape index (κ1) is 15.1. The second-order valence-corrected chi connectivity index (χ2v) is 6.14. The van der Waals surface area contributed by atoms with Crippen molar-refractivity contribution < 1.29 is 4.74 Å². The van der Waals surface area contributed by atoms with E-state index in [4.69, 9.17) is 4.74 Å². The second-order valence-electron chi connectivity index (χ2n) is 5.15. The largest absolute Gasteiger partial charge is 0.457 e. The smallest absolute Gasteiger partial charge is 0.127 e. The van der Waals surface area contributed by atoms with Gasteiger partial charge in [-0.1, -0.05) is 66.5 Å². The van der Waals surface area contributed by atoms with Gasteiger partial charge in [0.1, 0.15) is 11.5 Å². The lowest BCUT2D eigenvalue weighted by atomic mass is 9.97. The molecule has 0 saturated carbocycles. The van der Waals surface area contributed by atoms with E-state index in [-0.39, 0.29) is 0 Å². The zero-order valence-electron chi connectivity index (χ0n) is 12.1. The summed E-state index contributed by atoms with van der Waals surface area (Å²) in [7, 11) is 0. The summed E-state index contributed by atoms with van der Waals surface area (Å²) in [6.45, 7) is 4.52. The minimum atomic E-state index is 0.410. The van der Waals surface area contributed by atoms with Gasteiger partial charge in [0.05, 0.1) is 0 Å². The van der Waals surface area contributed by atoms with E-state index in [0.29, 0.717) is 10.7 Å². The number of alkyl halides is 1. The first-order valence-corrected chi connectivity index (χ1v) is 8.09. The Hall–Kier alpha value is -1.28. The van der Waals surface area contributed by atoms with Crippen LogP contribution in [0.3, 0.4) is 0 Å². The minimum Gasteiger partial charge on any atom is -0.457 e. The van der Waals surface area contributed by atoms with Crippen LogP contribution in [0, 0.1) is 5.92 Å². The van der Waals surface area contributed by atoms with Gasteiger partial charge in [-0.2, -0.15) is 0 Å². The van der Waals surface area contributed by atoms with E-state index < -0.39 is 0 Å². The summed E-state index contributed by atoms with van der Waals surface area (Å²) in [4.78, 5) is 0.410. The fraction of sp³-hybridized carbons (Fsp3) is 0.333. The molecule has 0 saturated heterocycles. The van der Waals surface area contributed by atoms with Crippen LogP contribution in [-0.4, -0.2) is 0 Å². The zero-order chi connectivity index (χ0) is 14.4. The van der Waals surface area contributed by atoms with Gasteiger partial charge < -0.3 is 4.74 Å². The number of rotatable bonds is 6. The molecule has 0 fully saturated rings. The van der Waals surface area contributed by atoms with Crippen molar-refractivity contribution in [2.45, 2.75) is 31.5 Å². The van der Waals surface area contributed by atoms with E-state index in [9.17, 15) is 0 Å². The number of para-hydroxylation sites is 1. The van der Waals surface area contributed by atoms with Crippen molar-refractivity contribution >= 4 is 15.9 Å². The Morgan fingerprint density at radius 3 is 2.15 bits per heavy atom. The van der Waals surface area contributed by atoms with Crippen molar-refractivity contribution in [2.24, 2.45) is 5.92 Å². The van der Waals surface area contributed by atoms with Crippen LogP contribution in [0.25, 0.3) is 0 Å². The van der Waals surface area contributed by atoms with E-state index in [1.807, 2.05) is 42.5 Å². The highest BCUT2D eigenvalue weighted by atomic mass is 79.9. The number of halogens is 1. The quantitative estimate of drug-likeness (QED) is 0.560. The monoisotopic (exact) mass is 332 g/mol. The Kier molecular flexibility index (Phi) is 5.66. The topological polar surface area (TPSA) is 9.23 Å². The van der Waals surface area contributed by atoms with Crippen LogP contribution in [-0.2, 0) is 0 Å². The Labute approximate surface area is 130 Å². The molecule has 0 N–H and O–H groups in total. The molecule has 0 aliphatic rings. The first-order chi connectivity index (χ1) is 9.70. The standard InChI is InChI=1S/C18H21BrO/c1-3-7-14(2)18(19)15-10-12-17(13-11-15)20-16-8-5-4-6-9-16/h4-6,8-14,18H,3,7H2,1-2H3. The molecule has 2 rings (SSSR count). The Bertz CT molecular complexity index is 507. The first-order valence-electron chi connectivity index (χ1n) is 7.17. The molecule has 2 aromatic carbocycles. The Balaban J connectivity index is 2.03. The Morgan fingerprint density at radius 1 is 0.950 bits per heavy atom. The van der Waals surface area contributed by atoms with Gasteiger partial charge in [0, 0.05) is 4.83 Å². The molecule has 20 heavy (non-hydrogen) atoms. The van der Waals surface area contributed by atoms with Gasteiger partial charge in [-0.3, -0.25) is 0 Å². The zero-order valence-corrected chi connectivity index (χ0v) is 13.6. The van der Waals surface area contributed by atoms with Gasteiger partial charge in [-0.25, -0.2) is 0 Å². The molecule has 2 heteroatoms. The third-order valence-corrected chi connectivity index (χ3v) is 4.85. The van der Waals surface area contributed by atoms with Gasteiger partial charge in [0.15, 0.2) is 0 Å². The molecule has 2 unspecified atom stereocenters. The molecule has 0 aromatic heterocycles. The summed E-state index contributed by atoms with van der Waals surface area (Å²) < 4.78 is 5.81. The van der Waals surface area contributed by atoms with Crippen LogP contribution in [0.4, 0.5) is 0 Å². The van der Waals surface area contributed by atoms with Crippen molar-refractivity contribution in [3.63, 3.8) is 0 Å². The molecule has 0 radical (unpaired) electrons. The number of benzene rings is 2. The molecule has 0 heterocycles. The van der Waals surface area contributed by atoms with Crippen molar-refractivity contribution in [2.75, 3.05) is 0 Å². The predicted molar refractivity (Wildman–Crippen MR) is 88.7 cm³/mol. The van der Waals surface area contributed by atoms with Crippen LogP contribution in [0.1, 0.15) is 37.1 Å². The fourth-order valence-electron chi connectivity index (χ4n) is 2.27. The number of hydrogen-bond donors (Lipinski definition) is 0. The fourth-order valence-corrected chi connectivity index (χ4v) is 2.84. The summed E-state index contributed by atoms with van der Waals surface area (Å²) in [6, 6.07) is 18.2. The molecule has 0 aliphatic heterocycles. The lowest BCUT2D eigenvalue weighted by Gasteiger charge is -2.18. The SMILES string of the molecule is CCCC(C)C(Br)c1ccc(Oc2ccccc2)cc1. The molecule has 106 valence electrons. The predicted octanol–water partition coefficient (Wildman–Crippen LogP) is 6.35. The number of hydrogen-bond acceptors (Lipinski definition) is 1. The van der Waals surface area contributed by atoms with Crippen LogP contribution in [0.15, 0.2) is 54.6 Å². The lowest BCUT2D eigenvalue weighted by molar-refractivity contribution is 0.481. The molecular formula is C18H21BrO. The molecule has 0 aliphatic carbocycles. The number of ether oxygens (including phenoxy) is 1. The maximum atomic E-state index is 5.81. The maximum absolute atomic E-state index is 5.81. The third-order valence-electron chi connectivity index (χ3n) is 3.42. The molecular weight excluding hydrogens is 312 g/mol. The summed E-state index contributed by atoms with van der Waals surface area (Å²) in [5.74, 6) is 2.39. The lowest BCUT2D eigenvalue weighted by Crippen LogP contribution is -2.02. The van der Waals surface area contributed by atoms with E-state index in [1.165, 1.54) is 18.4 Å². The second kappa shape index (κ2) is 7.49. The highest BCUT2D eigenvalue weighted by Crippen LogP contribution is 2.34. The van der Waals surface area contributed by atoms with E-state index in [2.05, 4.69) is 41.9 Å². The van der Waals surface area contributed by atoms with Gasteiger partial charge >= 0.3 is 0 Å². The maximum Gasteiger partial charge on any atom is 0.127 e. The van der Waals surface area contributed by atoms with Crippen LogP contribution < -0.4 is 4.74 Å². The molecule has 2 atom stereocenters. The summed E-state index contributed by atoms with van der Waals surface area (Å²) >= 11 is 3.80. The van der Waals surface area contributed by atoms with Gasteiger partial charge in [0.25, 0.3) is 0 Å². The van der Waals surface area contributed by atoms with Gasteiger partial charge in [-0.15, -0.1) is 0 Å².